The Morgan fingerprint density at radius 1 is 1.07 bits per heavy atom. The molecule has 0 saturated carbocycles. The van der Waals surface area contributed by atoms with Gasteiger partial charge >= 0.3 is 0 Å². The van der Waals surface area contributed by atoms with E-state index in [1.165, 1.54) is 4.88 Å². The Hall–Kier alpha value is -2.20. The van der Waals surface area contributed by atoms with Gasteiger partial charge in [-0.15, -0.1) is 35.3 Å². The molecule has 154 valence electrons. The predicted molar refractivity (Wildman–Crippen MR) is 129 cm³/mol. The number of rotatable bonds is 8. The number of ether oxygens (including phenoxy) is 1. The van der Waals surface area contributed by atoms with Gasteiger partial charge in [-0.25, -0.2) is 9.97 Å². The fourth-order valence-corrected chi connectivity index (χ4v) is 3.33. The van der Waals surface area contributed by atoms with Crippen molar-refractivity contribution in [1.82, 2.24) is 20.6 Å². The number of hydrogen-bond acceptors (Lipinski definition) is 5. The standard InChI is InChI=1S/C21H25N5OS.HI/c1-3-18-13-24-20(28-18)14-26-21(22-2)25-12-17-9-10-23-19(11-17)27-15-16-7-5-4-6-8-16;/h4-11,13H,3,12,14-15H2,1-2H3,(H2,22,25,26);1H. The van der Waals surface area contributed by atoms with Gasteiger partial charge in [-0.2, -0.15) is 0 Å². The summed E-state index contributed by atoms with van der Waals surface area (Å²) in [4.78, 5) is 14.3. The first-order chi connectivity index (χ1) is 13.8. The lowest BCUT2D eigenvalue weighted by Gasteiger charge is -2.12. The van der Waals surface area contributed by atoms with Gasteiger partial charge in [-0.05, 0) is 23.6 Å². The molecule has 0 spiro atoms. The maximum Gasteiger partial charge on any atom is 0.213 e. The second-order valence-corrected chi connectivity index (χ2v) is 7.33. The van der Waals surface area contributed by atoms with Crippen molar-refractivity contribution in [2.45, 2.75) is 33.0 Å². The van der Waals surface area contributed by atoms with Crippen molar-refractivity contribution in [3.8, 4) is 5.88 Å². The summed E-state index contributed by atoms with van der Waals surface area (Å²) in [6, 6.07) is 14.0. The first kappa shape index (κ1) is 23.1. The number of pyridine rings is 1. The number of hydrogen-bond donors (Lipinski definition) is 2. The summed E-state index contributed by atoms with van der Waals surface area (Å²) in [6.07, 6.45) is 4.71. The fourth-order valence-electron chi connectivity index (χ4n) is 2.53. The molecule has 0 aliphatic rings. The summed E-state index contributed by atoms with van der Waals surface area (Å²) in [5, 5.41) is 7.66. The minimum atomic E-state index is 0. The van der Waals surface area contributed by atoms with Crippen molar-refractivity contribution < 1.29 is 4.74 Å². The van der Waals surface area contributed by atoms with E-state index in [1.54, 1.807) is 24.6 Å². The Balaban J connectivity index is 0.00000300. The van der Waals surface area contributed by atoms with Crippen LogP contribution in [0.1, 0.15) is 27.9 Å². The highest BCUT2D eigenvalue weighted by atomic mass is 127. The molecule has 0 unspecified atom stereocenters. The van der Waals surface area contributed by atoms with E-state index in [9.17, 15) is 0 Å². The number of aryl methyl sites for hydroxylation is 1. The summed E-state index contributed by atoms with van der Waals surface area (Å²) in [5.41, 5.74) is 2.19. The minimum Gasteiger partial charge on any atom is -0.473 e. The van der Waals surface area contributed by atoms with E-state index in [1.807, 2.05) is 48.7 Å². The molecule has 1 aromatic carbocycles. The third-order valence-electron chi connectivity index (χ3n) is 4.07. The van der Waals surface area contributed by atoms with Crippen LogP contribution in [0, 0.1) is 0 Å². The van der Waals surface area contributed by atoms with Crippen LogP contribution in [0.4, 0.5) is 0 Å². The third-order valence-corrected chi connectivity index (χ3v) is 5.21. The molecule has 3 aromatic rings. The largest absolute Gasteiger partial charge is 0.473 e. The molecule has 0 fully saturated rings. The second kappa shape index (κ2) is 12.4. The molecule has 0 atom stereocenters. The van der Waals surface area contributed by atoms with Crippen molar-refractivity contribution >= 4 is 41.3 Å². The van der Waals surface area contributed by atoms with E-state index < -0.39 is 0 Å². The molecule has 2 N–H and O–H groups in total. The van der Waals surface area contributed by atoms with Gasteiger partial charge in [0.05, 0.1) is 6.54 Å². The molecule has 0 bridgehead atoms. The summed E-state index contributed by atoms with van der Waals surface area (Å²) in [5.74, 6) is 1.35. The monoisotopic (exact) mass is 523 g/mol. The van der Waals surface area contributed by atoms with E-state index in [-0.39, 0.29) is 24.0 Å². The molecule has 0 aliphatic heterocycles. The van der Waals surface area contributed by atoms with Crippen molar-refractivity contribution in [2.24, 2.45) is 4.99 Å². The number of thiazole rings is 1. The molecule has 6 nitrogen and oxygen atoms in total. The van der Waals surface area contributed by atoms with E-state index in [0.29, 0.717) is 25.6 Å². The Morgan fingerprint density at radius 3 is 2.59 bits per heavy atom. The van der Waals surface area contributed by atoms with Crippen LogP contribution in [0.2, 0.25) is 0 Å². The first-order valence-electron chi connectivity index (χ1n) is 9.26. The average molecular weight is 523 g/mol. The van der Waals surface area contributed by atoms with E-state index >= 15 is 0 Å². The molecule has 0 aliphatic carbocycles. The van der Waals surface area contributed by atoms with Crippen LogP contribution in [0.5, 0.6) is 5.88 Å². The number of aliphatic imine (C=N–C) groups is 1. The zero-order chi connectivity index (χ0) is 19.6. The van der Waals surface area contributed by atoms with Crippen LogP contribution in [0.3, 0.4) is 0 Å². The molecule has 0 radical (unpaired) electrons. The van der Waals surface area contributed by atoms with Crippen LogP contribution in [0.25, 0.3) is 0 Å². The first-order valence-corrected chi connectivity index (χ1v) is 10.1. The van der Waals surface area contributed by atoms with Gasteiger partial charge in [0.25, 0.3) is 0 Å². The number of guanidine groups is 1. The normalized spacial score (nSPS) is 10.9. The Bertz CT molecular complexity index is 901. The summed E-state index contributed by atoms with van der Waals surface area (Å²) >= 11 is 1.72. The quantitative estimate of drug-likeness (QED) is 0.264. The van der Waals surface area contributed by atoms with E-state index in [4.69, 9.17) is 4.74 Å². The second-order valence-electron chi connectivity index (χ2n) is 6.13. The number of nitrogens with one attached hydrogen (secondary N) is 2. The van der Waals surface area contributed by atoms with Crippen LogP contribution >= 0.6 is 35.3 Å². The summed E-state index contributed by atoms with van der Waals surface area (Å²) < 4.78 is 5.79. The van der Waals surface area contributed by atoms with Gasteiger partial charge < -0.3 is 15.4 Å². The smallest absolute Gasteiger partial charge is 0.213 e. The van der Waals surface area contributed by atoms with Crippen molar-refractivity contribution in [2.75, 3.05) is 7.05 Å². The maximum atomic E-state index is 5.79. The number of nitrogens with zero attached hydrogens (tertiary/aromatic N) is 3. The number of benzene rings is 1. The molecule has 3 rings (SSSR count). The summed E-state index contributed by atoms with van der Waals surface area (Å²) in [6.45, 7) is 3.92. The molecule has 8 heteroatoms. The molecule has 0 amide bonds. The average Bonchev–Trinajstić information content (AvgIpc) is 3.21. The Labute approximate surface area is 192 Å². The van der Waals surface area contributed by atoms with Gasteiger partial charge in [0.15, 0.2) is 5.96 Å². The highest BCUT2D eigenvalue weighted by Gasteiger charge is 2.04. The Morgan fingerprint density at radius 2 is 1.86 bits per heavy atom. The SMILES string of the molecule is CCc1cnc(CNC(=NC)NCc2ccnc(OCc3ccccc3)c2)s1.I. The van der Waals surface area contributed by atoms with Gasteiger partial charge in [-0.3, -0.25) is 4.99 Å². The van der Waals surface area contributed by atoms with Crippen LogP contribution in [0.15, 0.2) is 59.9 Å². The molecular weight excluding hydrogens is 497 g/mol. The van der Waals surface area contributed by atoms with Gasteiger partial charge in [0.2, 0.25) is 5.88 Å². The van der Waals surface area contributed by atoms with Crippen molar-refractivity contribution in [3.63, 3.8) is 0 Å². The van der Waals surface area contributed by atoms with E-state index in [2.05, 4.69) is 32.5 Å². The molecule has 2 aromatic heterocycles. The fraction of sp³-hybridized carbons (Fsp3) is 0.286. The highest BCUT2D eigenvalue weighted by molar-refractivity contribution is 14.0. The highest BCUT2D eigenvalue weighted by Crippen LogP contribution is 2.13. The zero-order valence-electron chi connectivity index (χ0n) is 16.6. The lowest BCUT2D eigenvalue weighted by molar-refractivity contribution is 0.293. The van der Waals surface area contributed by atoms with Crippen LogP contribution in [-0.4, -0.2) is 23.0 Å². The van der Waals surface area contributed by atoms with E-state index in [0.717, 1.165) is 28.5 Å². The molecule has 0 saturated heterocycles. The number of aromatic nitrogens is 2. The maximum absolute atomic E-state index is 5.79. The molecule has 2 heterocycles. The lowest BCUT2D eigenvalue weighted by atomic mass is 10.2. The van der Waals surface area contributed by atoms with Crippen molar-refractivity contribution in [1.29, 1.82) is 0 Å². The molecular formula is C21H26IN5OS. The van der Waals surface area contributed by atoms with Gasteiger partial charge in [0.1, 0.15) is 11.6 Å². The molecule has 29 heavy (non-hydrogen) atoms. The van der Waals surface area contributed by atoms with Gasteiger partial charge in [0, 0.05) is 36.9 Å². The summed E-state index contributed by atoms with van der Waals surface area (Å²) in [7, 11) is 1.76. The predicted octanol–water partition coefficient (Wildman–Crippen LogP) is 4.16. The Kier molecular flexibility index (Phi) is 9.85. The topological polar surface area (TPSA) is 71.4 Å². The van der Waals surface area contributed by atoms with Crippen LogP contribution in [-0.2, 0) is 26.1 Å². The third kappa shape index (κ3) is 7.62. The van der Waals surface area contributed by atoms with Crippen LogP contribution < -0.4 is 15.4 Å². The van der Waals surface area contributed by atoms with Crippen molar-refractivity contribution in [3.05, 3.63) is 75.9 Å². The lowest BCUT2D eigenvalue weighted by Crippen LogP contribution is -2.36. The number of halogens is 1. The zero-order valence-corrected chi connectivity index (χ0v) is 19.7. The minimum absolute atomic E-state index is 0. The van der Waals surface area contributed by atoms with Gasteiger partial charge in [-0.1, -0.05) is 37.3 Å².